The molecule has 0 saturated heterocycles. The van der Waals surface area contributed by atoms with Crippen LogP contribution in [0.15, 0.2) is 76.7 Å². The smallest absolute Gasteiger partial charge is 0.181 e. The number of rotatable bonds is 6. The maximum atomic E-state index is 11.6. The molecule has 0 spiro atoms. The van der Waals surface area contributed by atoms with Gasteiger partial charge in [0.2, 0.25) is 0 Å². The van der Waals surface area contributed by atoms with Gasteiger partial charge in [0.1, 0.15) is 11.5 Å². The van der Waals surface area contributed by atoms with Gasteiger partial charge >= 0.3 is 0 Å². The van der Waals surface area contributed by atoms with Crippen LogP contribution in [0.25, 0.3) is 5.57 Å². The first-order valence-electron chi connectivity index (χ1n) is 7.83. The molecule has 0 fully saturated rings. The number of aliphatic hydroxyl groups is 1. The van der Waals surface area contributed by atoms with E-state index in [1.54, 1.807) is 0 Å². The van der Waals surface area contributed by atoms with Gasteiger partial charge in [0.15, 0.2) is 5.78 Å². The lowest BCUT2D eigenvalue weighted by Crippen LogP contribution is -2.05. The van der Waals surface area contributed by atoms with Crippen molar-refractivity contribution in [2.75, 3.05) is 0 Å². The normalized spacial score (nSPS) is 14.3. The molecule has 0 aliphatic carbocycles. The minimum absolute atomic E-state index is 0.0707. The molecule has 3 nitrogen and oxygen atoms in total. The molecule has 0 aromatic heterocycles. The van der Waals surface area contributed by atoms with E-state index in [0.29, 0.717) is 5.71 Å². The van der Waals surface area contributed by atoms with Gasteiger partial charge in [-0.1, -0.05) is 43.0 Å². The van der Waals surface area contributed by atoms with E-state index >= 15 is 0 Å². The first-order valence-corrected chi connectivity index (χ1v) is 7.83. The highest BCUT2D eigenvalue weighted by atomic mass is 16.3. The van der Waals surface area contributed by atoms with Crippen LogP contribution in [0.2, 0.25) is 0 Å². The zero-order valence-corrected chi connectivity index (χ0v) is 15.1. The van der Waals surface area contributed by atoms with Gasteiger partial charge in [0.25, 0.3) is 0 Å². The fourth-order valence-electron chi connectivity index (χ4n) is 2.30. The second-order valence-electron chi connectivity index (χ2n) is 5.64. The Hall–Kier alpha value is -2.68. The summed E-state index contributed by atoms with van der Waals surface area (Å²) in [4.78, 5) is 16.0. The molecule has 1 N–H and O–H groups in total. The Labute approximate surface area is 144 Å². The van der Waals surface area contributed by atoms with E-state index in [2.05, 4.69) is 11.6 Å². The van der Waals surface area contributed by atoms with Crippen molar-refractivity contribution in [3.63, 3.8) is 0 Å². The number of Topliss-reactive ketones (excluding diaryl/α,β-unsaturated/α-hetero) is 1. The summed E-state index contributed by atoms with van der Waals surface area (Å²) in [6, 6.07) is 10.0. The molecule has 0 bridgehead atoms. The summed E-state index contributed by atoms with van der Waals surface area (Å²) in [5.41, 5.74) is 4.51. The van der Waals surface area contributed by atoms with Crippen LogP contribution in [0.1, 0.15) is 40.2 Å². The van der Waals surface area contributed by atoms with Gasteiger partial charge < -0.3 is 5.11 Å². The molecule has 1 aromatic carbocycles. The summed E-state index contributed by atoms with van der Waals surface area (Å²) in [5.74, 6) is -0.359. The third-order valence-electron chi connectivity index (χ3n) is 3.52. The van der Waals surface area contributed by atoms with Gasteiger partial charge in [-0.25, -0.2) is 4.99 Å². The average molecular weight is 323 g/mol. The highest BCUT2D eigenvalue weighted by Gasteiger charge is 2.11. The molecule has 126 valence electrons. The molecule has 24 heavy (non-hydrogen) atoms. The maximum Gasteiger partial charge on any atom is 0.181 e. The van der Waals surface area contributed by atoms with Crippen molar-refractivity contribution in [2.45, 2.75) is 34.6 Å². The lowest BCUT2D eigenvalue weighted by molar-refractivity contribution is -0.113. The average Bonchev–Trinajstić information content (AvgIpc) is 2.53. The number of hydrogen-bond acceptors (Lipinski definition) is 3. The van der Waals surface area contributed by atoms with Crippen LogP contribution >= 0.6 is 0 Å². The van der Waals surface area contributed by atoms with E-state index in [1.807, 2.05) is 63.3 Å². The van der Waals surface area contributed by atoms with Crippen molar-refractivity contribution in [3.05, 3.63) is 77.2 Å². The number of ketones is 1. The van der Waals surface area contributed by atoms with Crippen molar-refractivity contribution in [1.29, 1.82) is 0 Å². The summed E-state index contributed by atoms with van der Waals surface area (Å²) in [6.45, 7) is 12.5. The maximum absolute atomic E-state index is 11.6. The Morgan fingerprint density at radius 3 is 2.12 bits per heavy atom. The molecule has 0 atom stereocenters. The second kappa shape index (κ2) is 8.82. The predicted molar refractivity (Wildman–Crippen MR) is 102 cm³/mol. The molecule has 0 saturated carbocycles. The number of aliphatic hydroxyl groups excluding tert-OH is 1. The van der Waals surface area contributed by atoms with Crippen LogP contribution in [0, 0.1) is 0 Å². The van der Waals surface area contributed by atoms with Gasteiger partial charge in [-0.15, -0.1) is 0 Å². The standard InChI is InChI=1S/C21H25NO2/c1-7-18(19-11-9-8-10-12-19)13-20(14(2)3)15(4)22-21(16(5)23)17(6)24/h7-13,23H,2H2,1,3-6H3/b18-7+,20-13-,21-16+,22-15+. The Morgan fingerprint density at radius 1 is 1.12 bits per heavy atom. The van der Waals surface area contributed by atoms with E-state index in [-0.39, 0.29) is 17.2 Å². The fourth-order valence-corrected chi connectivity index (χ4v) is 2.30. The van der Waals surface area contributed by atoms with Gasteiger partial charge in [0.05, 0.1) is 0 Å². The Kier molecular flexibility index (Phi) is 7.12. The molecule has 3 heteroatoms. The SMILES string of the molecule is C=C(C)C(=C/C(=C\C)c1ccccc1)/C(C)=N/C(C(C)=O)=C(\C)O. The van der Waals surface area contributed by atoms with Crippen LogP contribution in [0.4, 0.5) is 0 Å². The minimum atomic E-state index is -0.273. The molecule has 1 rings (SSSR count). The first-order chi connectivity index (χ1) is 11.3. The Bertz CT molecular complexity index is 743. The quantitative estimate of drug-likeness (QED) is 0.328. The summed E-state index contributed by atoms with van der Waals surface area (Å²) >= 11 is 0. The Morgan fingerprint density at radius 2 is 1.71 bits per heavy atom. The number of nitrogens with zero attached hydrogens (tertiary/aromatic N) is 1. The summed E-state index contributed by atoms with van der Waals surface area (Å²) in [5, 5.41) is 9.66. The van der Waals surface area contributed by atoms with Crippen LogP contribution in [-0.4, -0.2) is 16.6 Å². The topological polar surface area (TPSA) is 49.7 Å². The van der Waals surface area contributed by atoms with E-state index in [4.69, 9.17) is 0 Å². The van der Waals surface area contributed by atoms with Crippen molar-refractivity contribution in [1.82, 2.24) is 0 Å². The van der Waals surface area contributed by atoms with Crippen molar-refractivity contribution in [3.8, 4) is 0 Å². The number of aliphatic imine (C=N–C) groups is 1. The van der Waals surface area contributed by atoms with Crippen LogP contribution in [-0.2, 0) is 4.79 Å². The van der Waals surface area contributed by atoms with Crippen molar-refractivity contribution in [2.24, 2.45) is 4.99 Å². The summed E-state index contributed by atoms with van der Waals surface area (Å²) in [7, 11) is 0. The number of hydrogen-bond donors (Lipinski definition) is 1. The lowest BCUT2D eigenvalue weighted by Gasteiger charge is -2.10. The number of benzene rings is 1. The van der Waals surface area contributed by atoms with Crippen molar-refractivity contribution >= 4 is 17.1 Å². The van der Waals surface area contributed by atoms with Crippen LogP contribution in [0.5, 0.6) is 0 Å². The van der Waals surface area contributed by atoms with E-state index in [9.17, 15) is 9.90 Å². The van der Waals surface area contributed by atoms with Crippen LogP contribution < -0.4 is 0 Å². The summed E-state index contributed by atoms with van der Waals surface area (Å²) in [6.07, 6.45) is 4.02. The fraction of sp³-hybridized carbons (Fsp3) is 0.238. The predicted octanol–water partition coefficient (Wildman–Crippen LogP) is 5.43. The minimum Gasteiger partial charge on any atom is -0.510 e. The largest absolute Gasteiger partial charge is 0.510 e. The molecule has 0 radical (unpaired) electrons. The monoisotopic (exact) mass is 323 g/mol. The number of carbonyl (C=O) groups is 1. The van der Waals surface area contributed by atoms with Crippen LogP contribution in [0.3, 0.4) is 0 Å². The molecular weight excluding hydrogens is 298 g/mol. The molecule has 1 aromatic rings. The molecule has 0 amide bonds. The molecular formula is C21H25NO2. The molecule has 0 aliphatic rings. The lowest BCUT2D eigenvalue weighted by atomic mass is 9.97. The third-order valence-corrected chi connectivity index (χ3v) is 3.52. The number of allylic oxidation sites excluding steroid dienone is 7. The third kappa shape index (κ3) is 5.20. The van der Waals surface area contributed by atoms with Gasteiger partial charge in [-0.2, -0.15) is 0 Å². The van der Waals surface area contributed by atoms with Gasteiger partial charge in [-0.05, 0) is 56.1 Å². The zero-order valence-electron chi connectivity index (χ0n) is 15.1. The highest BCUT2D eigenvalue weighted by Crippen LogP contribution is 2.22. The molecule has 0 aliphatic heterocycles. The van der Waals surface area contributed by atoms with Gasteiger partial charge in [0, 0.05) is 12.6 Å². The summed E-state index contributed by atoms with van der Waals surface area (Å²) < 4.78 is 0. The Balaban J connectivity index is 3.40. The number of carbonyl (C=O) groups excluding carboxylic acids is 1. The molecule has 0 heterocycles. The first kappa shape index (κ1) is 19.4. The van der Waals surface area contributed by atoms with Crippen molar-refractivity contribution < 1.29 is 9.90 Å². The van der Waals surface area contributed by atoms with Gasteiger partial charge in [-0.3, -0.25) is 4.79 Å². The molecule has 0 unspecified atom stereocenters. The van der Waals surface area contributed by atoms with E-state index < -0.39 is 0 Å². The van der Waals surface area contributed by atoms with E-state index in [1.165, 1.54) is 13.8 Å². The highest BCUT2D eigenvalue weighted by molar-refractivity contribution is 6.07. The van der Waals surface area contributed by atoms with E-state index in [0.717, 1.165) is 22.3 Å². The second-order valence-corrected chi connectivity index (χ2v) is 5.64. The zero-order chi connectivity index (χ0) is 18.3.